The predicted molar refractivity (Wildman–Crippen MR) is 145 cm³/mol. The molecule has 9 heteroatoms. The molecule has 0 amide bonds. The van der Waals surface area contributed by atoms with Crippen molar-refractivity contribution in [1.29, 1.82) is 0 Å². The lowest BCUT2D eigenvalue weighted by molar-refractivity contribution is 0.256. The van der Waals surface area contributed by atoms with Gasteiger partial charge in [0.2, 0.25) is 0 Å². The molecule has 1 N–H and O–H groups in total. The third-order valence-corrected chi connectivity index (χ3v) is 7.40. The maximum absolute atomic E-state index is 5.00. The molecule has 5 aromatic heterocycles. The van der Waals surface area contributed by atoms with E-state index in [-0.39, 0.29) is 0 Å². The number of fused-ring (bicyclic) bond motifs is 1. The third kappa shape index (κ3) is 3.29. The lowest BCUT2D eigenvalue weighted by Gasteiger charge is -2.57. The first-order valence-corrected chi connectivity index (χ1v) is 12.6. The second-order valence-corrected chi connectivity index (χ2v) is 9.30. The fraction of sp³-hybridized carbons (Fsp3) is 0.100. The summed E-state index contributed by atoms with van der Waals surface area (Å²) in [6.45, 7) is 0. The molecule has 188 valence electrons. The zero-order valence-corrected chi connectivity index (χ0v) is 20.8. The summed E-state index contributed by atoms with van der Waals surface area (Å²) < 4.78 is 0. The Hall–Kier alpha value is -5.31. The number of aromatic amines is 1. The predicted octanol–water partition coefficient (Wildman–Crippen LogP) is 4.40. The zero-order valence-electron chi connectivity index (χ0n) is 20.8. The summed E-state index contributed by atoms with van der Waals surface area (Å²) in [6, 6.07) is 24.0. The van der Waals surface area contributed by atoms with Crippen LogP contribution in [-0.4, -0.2) is 40.1 Å². The fourth-order valence-electron chi connectivity index (χ4n) is 5.97. The van der Waals surface area contributed by atoms with E-state index < -0.39 is 11.0 Å². The van der Waals surface area contributed by atoms with Gasteiger partial charge in [-0.2, -0.15) is 10.2 Å². The smallest absolute Gasteiger partial charge is 0.165 e. The van der Waals surface area contributed by atoms with E-state index in [9.17, 15) is 0 Å². The van der Waals surface area contributed by atoms with Crippen LogP contribution in [0.4, 0.5) is 11.5 Å². The summed E-state index contributed by atoms with van der Waals surface area (Å²) in [6.07, 6.45) is 14.6. The second kappa shape index (κ2) is 9.21. The van der Waals surface area contributed by atoms with E-state index in [4.69, 9.17) is 25.0 Å². The average Bonchev–Trinajstić information content (AvgIpc) is 3.56. The Balaban J connectivity index is 1.76. The molecule has 2 unspecified atom stereocenters. The highest BCUT2D eigenvalue weighted by Gasteiger charge is 2.67. The third-order valence-electron chi connectivity index (χ3n) is 7.40. The molecule has 1 aromatic carbocycles. The molecule has 0 aliphatic carbocycles. The molecule has 6 aromatic rings. The number of para-hydroxylation sites is 1. The molecule has 1 aliphatic rings. The molecule has 1 aliphatic heterocycles. The van der Waals surface area contributed by atoms with Gasteiger partial charge in [-0.05, 0) is 60.5 Å². The number of rotatable bonds is 5. The van der Waals surface area contributed by atoms with Gasteiger partial charge in [0.15, 0.2) is 11.4 Å². The number of benzene rings is 1. The first-order chi connectivity index (χ1) is 19.4. The molecule has 0 saturated carbocycles. The Bertz CT molecular complexity index is 1600. The Labute approximate surface area is 224 Å². The molecule has 0 bridgehead atoms. The Morgan fingerprint density at radius 2 is 1.49 bits per heavy atom. The molecule has 0 fully saturated rings. The van der Waals surface area contributed by atoms with Crippen LogP contribution in [0.2, 0.25) is 0 Å². The highest BCUT2D eigenvalue weighted by atomic mass is 15.3. The fourth-order valence-corrected chi connectivity index (χ4v) is 5.97. The maximum atomic E-state index is 5.00. The van der Waals surface area contributed by atoms with Crippen LogP contribution in [0.5, 0.6) is 0 Å². The Morgan fingerprint density at radius 3 is 2.23 bits per heavy atom. The molecular formula is C30H23N9. The van der Waals surface area contributed by atoms with E-state index in [1.54, 1.807) is 43.4 Å². The highest BCUT2D eigenvalue weighted by Crippen LogP contribution is 2.60. The van der Waals surface area contributed by atoms with Crippen molar-refractivity contribution in [3.05, 3.63) is 151 Å². The normalized spacial score (nSPS) is 20.4. The summed E-state index contributed by atoms with van der Waals surface area (Å²) >= 11 is 0. The summed E-state index contributed by atoms with van der Waals surface area (Å²) in [5.74, 6) is 1.39. The molecule has 7 rings (SSSR count). The molecule has 2 atom stereocenters. The van der Waals surface area contributed by atoms with Crippen LogP contribution < -0.4 is 4.90 Å². The summed E-state index contributed by atoms with van der Waals surface area (Å²) in [5, 5.41) is 9.09. The molecule has 39 heavy (non-hydrogen) atoms. The monoisotopic (exact) mass is 509 g/mol. The van der Waals surface area contributed by atoms with Gasteiger partial charge >= 0.3 is 0 Å². The lowest BCUT2D eigenvalue weighted by atomic mass is 9.56. The van der Waals surface area contributed by atoms with Crippen LogP contribution >= 0.6 is 0 Å². The van der Waals surface area contributed by atoms with Gasteiger partial charge in [-0.1, -0.05) is 24.3 Å². The van der Waals surface area contributed by atoms with E-state index in [0.29, 0.717) is 23.6 Å². The van der Waals surface area contributed by atoms with E-state index >= 15 is 0 Å². The summed E-state index contributed by atoms with van der Waals surface area (Å²) in [4.78, 5) is 30.0. The SMILES string of the molecule is c1ccc(C2(c3ncccn3)N(c3ccc[nH]3)c3ccccc3CC2(c2cnccn2)c2cccnn2)nc1. The number of hydrogen-bond donors (Lipinski definition) is 1. The van der Waals surface area contributed by atoms with Crippen LogP contribution in [0.3, 0.4) is 0 Å². The first-order valence-electron chi connectivity index (χ1n) is 12.6. The molecular weight excluding hydrogens is 486 g/mol. The van der Waals surface area contributed by atoms with E-state index in [0.717, 1.165) is 22.8 Å². The van der Waals surface area contributed by atoms with Crippen LogP contribution in [0, 0.1) is 0 Å². The standard InChI is InChI=1S/C30H23N9/c1-2-9-23-22(8-1)20-29(24-11-5-17-37-38-24,26-21-31-18-19-33-26)30(25-10-3-4-13-32-25,28-35-15-7-16-36-28)39(23)27-12-6-14-34-27/h1-19,21,34H,20H2. The van der Waals surface area contributed by atoms with Crippen LogP contribution in [0.15, 0.2) is 122 Å². The van der Waals surface area contributed by atoms with Gasteiger partial charge in [0.1, 0.15) is 5.82 Å². The second-order valence-electron chi connectivity index (χ2n) is 9.30. The first kappa shape index (κ1) is 22.9. The zero-order chi connectivity index (χ0) is 26.1. The number of nitrogens with zero attached hydrogens (tertiary/aromatic N) is 8. The highest BCUT2D eigenvalue weighted by molar-refractivity contribution is 5.75. The largest absolute Gasteiger partial charge is 0.348 e. The van der Waals surface area contributed by atoms with Gasteiger partial charge in [0, 0.05) is 55.3 Å². The van der Waals surface area contributed by atoms with Crippen LogP contribution in [0.1, 0.15) is 28.5 Å². The van der Waals surface area contributed by atoms with E-state index in [2.05, 4.69) is 38.2 Å². The van der Waals surface area contributed by atoms with Crippen molar-refractivity contribution < 1.29 is 0 Å². The van der Waals surface area contributed by atoms with Gasteiger partial charge in [-0.25, -0.2) is 9.97 Å². The Kier molecular flexibility index (Phi) is 5.40. The van der Waals surface area contributed by atoms with Crippen molar-refractivity contribution in [2.75, 3.05) is 4.90 Å². The maximum Gasteiger partial charge on any atom is 0.165 e. The number of aromatic nitrogens is 8. The number of anilines is 2. The van der Waals surface area contributed by atoms with Gasteiger partial charge in [-0.3, -0.25) is 15.0 Å². The van der Waals surface area contributed by atoms with Crippen LogP contribution in [-0.2, 0) is 17.4 Å². The minimum Gasteiger partial charge on any atom is -0.348 e. The van der Waals surface area contributed by atoms with Crippen molar-refractivity contribution in [3.8, 4) is 0 Å². The molecule has 0 spiro atoms. The minimum absolute atomic E-state index is 0.520. The van der Waals surface area contributed by atoms with Gasteiger partial charge in [0.05, 0.1) is 22.5 Å². The number of H-pyrrole nitrogens is 1. The molecule has 9 nitrogen and oxygen atoms in total. The number of nitrogens with one attached hydrogen (secondary N) is 1. The van der Waals surface area contributed by atoms with Crippen LogP contribution in [0.25, 0.3) is 0 Å². The molecule has 0 saturated heterocycles. The number of pyridine rings is 1. The van der Waals surface area contributed by atoms with E-state index in [1.807, 2.05) is 60.8 Å². The van der Waals surface area contributed by atoms with E-state index in [1.165, 1.54) is 0 Å². The number of hydrogen-bond acceptors (Lipinski definition) is 8. The van der Waals surface area contributed by atoms with Crippen molar-refractivity contribution in [3.63, 3.8) is 0 Å². The molecule has 6 heterocycles. The average molecular weight is 510 g/mol. The van der Waals surface area contributed by atoms with Gasteiger partial charge in [-0.15, -0.1) is 0 Å². The van der Waals surface area contributed by atoms with Gasteiger partial charge < -0.3 is 9.88 Å². The van der Waals surface area contributed by atoms with Crippen molar-refractivity contribution in [2.24, 2.45) is 0 Å². The topological polar surface area (TPSA) is 109 Å². The van der Waals surface area contributed by atoms with Crippen molar-refractivity contribution in [1.82, 2.24) is 40.1 Å². The Morgan fingerprint density at radius 1 is 0.667 bits per heavy atom. The lowest BCUT2D eigenvalue weighted by Crippen LogP contribution is -2.65. The minimum atomic E-state index is -1.17. The van der Waals surface area contributed by atoms with Crippen molar-refractivity contribution >= 4 is 11.5 Å². The summed E-state index contributed by atoms with van der Waals surface area (Å²) in [5.41, 5.74) is 2.07. The van der Waals surface area contributed by atoms with Crippen molar-refractivity contribution in [2.45, 2.75) is 17.4 Å². The quantitative estimate of drug-likeness (QED) is 0.364. The van der Waals surface area contributed by atoms with Gasteiger partial charge in [0.25, 0.3) is 0 Å². The summed E-state index contributed by atoms with van der Waals surface area (Å²) in [7, 11) is 0. The molecule has 0 radical (unpaired) electrons.